The van der Waals surface area contributed by atoms with Crippen molar-refractivity contribution >= 4 is 27.6 Å². The standard InChI is InChI=1S/C14H17FN2O5S/c1-22-14(19)5-10-2-3-11(6-12(10)15)17-7-9(4-13(17)18)8-23(16,20)21/h2-3,6,9H,4-5,7-8H2,1H3,(H2,16,20,21). The average molecular weight is 344 g/mol. The van der Waals surface area contributed by atoms with Crippen molar-refractivity contribution in [1.29, 1.82) is 0 Å². The number of esters is 1. The highest BCUT2D eigenvalue weighted by Gasteiger charge is 2.33. The van der Waals surface area contributed by atoms with Crippen LogP contribution < -0.4 is 10.0 Å². The summed E-state index contributed by atoms with van der Waals surface area (Å²) in [4.78, 5) is 24.5. The maximum Gasteiger partial charge on any atom is 0.310 e. The van der Waals surface area contributed by atoms with Crippen molar-refractivity contribution in [3.63, 3.8) is 0 Å². The van der Waals surface area contributed by atoms with Gasteiger partial charge in [0.25, 0.3) is 0 Å². The van der Waals surface area contributed by atoms with Crippen LogP contribution in [0.3, 0.4) is 0 Å². The lowest BCUT2D eigenvalue weighted by atomic mass is 10.1. The number of hydrogen-bond acceptors (Lipinski definition) is 5. The fraction of sp³-hybridized carbons (Fsp3) is 0.429. The van der Waals surface area contributed by atoms with E-state index in [1.165, 1.54) is 24.1 Å². The molecule has 0 bridgehead atoms. The number of amides is 1. The number of anilines is 1. The zero-order valence-corrected chi connectivity index (χ0v) is 13.3. The molecule has 1 unspecified atom stereocenters. The molecule has 1 heterocycles. The number of methoxy groups -OCH3 is 1. The molecular weight excluding hydrogens is 327 g/mol. The molecule has 1 fully saturated rings. The molecule has 0 aromatic heterocycles. The number of hydrogen-bond donors (Lipinski definition) is 1. The molecule has 23 heavy (non-hydrogen) atoms. The van der Waals surface area contributed by atoms with Gasteiger partial charge in [0.1, 0.15) is 5.82 Å². The lowest BCUT2D eigenvalue weighted by Crippen LogP contribution is -2.27. The van der Waals surface area contributed by atoms with Crippen LogP contribution in [0.25, 0.3) is 0 Å². The van der Waals surface area contributed by atoms with Crippen molar-refractivity contribution in [3.05, 3.63) is 29.6 Å². The summed E-state index contributed by atoms with van der Waals surface area (Å²) in [5, 5.41) is 4.99. The van der Waals surface area contributed by atoms with Crippen LogP contribution in [0.4, 0.5) is 10.1 Å². The van der Waals surface area contributed by atoms with Gasteiger partial charge >= 0.3 is 5.97 Å². The van der Waals surface area contributed by atoms with Crippen molar-refractivity contribution in [2.24, 2.45) is 11.1 Å². The predicted octanol–water partition coefficient (Wildman–Crippen LogP) is 0.183. The topological polar surface area (TPSA) is 107 Å². The fourth-order valence-electron chi connectivity index (χ4n) is 2.55. The Morgan fingerprint density at radius 1 is 1.48 bits per heavy atom. The number of benzene rings is 1. The van der Waals surface area contributed by atoms with Crippen LogP contribution in [0.15, 0.2) is 18.2 Å². The molecule has 126 valence electrons. The summed E-state index contributed by atoms with van der Waals surface area (Å²) < 4.78 is 40.7. The van der Waals surface area contributed by atoms with Crippen molar-refractivity contribution in [3.8, 4) is 0 Å². The Balaban J connectivity index is 2.14. The Morgan fingerprint density at radius 2 is 2.17 bits per heavy atom. The second kappa shape index (κ2) is 6.63. The van der Waals surface area contributed by atoms with E-state index in [4.69, 9.17) is 5.14 Å². The Labute approximate surface area is 133 Å². The number of nitrogens with zero attached hydrogens (tertiary/aromatic N) is 1. The number of ether oxygens (including phenoxy) is 1. The summed E-state index contributed by atoms with van der Waals surface area (Å²) in [6, 6.07) is 4.07. The van der Waals surface area contributed by atoms with Gasteiger partial charge in [0, 0.05) is 24.6 Å². The third kappa shape index (κ3) is 4.49. The summed E-state index contributed by atoms with van der Waals surface area (Å²) in [7, 11) is -2.46. The van der Waals surface area contributed by atoms with Gasteiger partial charge in [0.2, 0.25) is 15.9 Å². The van der Waals surface area contributed by atoms with Crippen LogP contribution in [-0.4, -0.2) is 39.7 Å². The molecule has 1 aromatic carbocycles. The van der Waals surface area contributed by atoms with Gasteiger partial charge in [-0.15, -0.1) is 0 Å². The molecule has 7 nitrogen and oxygen atoms in total. The third-order valence-electron chi connectivity index (χ3n) is 3.58. The van der Waals surface area contributed by atoms with Gasteiger partial charge in [0.15, 0.2) is 0 Å². The number of carbonyl (C=O) groups is 2. The quantitative estimate of drug-likeness (QED) is 0.767. The van der Waals surface area contributed by atoms with Crippen LogP contribution in [0.5, 0.6) is 0 Å². The second-order valence-corrected chi connectivity index (χ2v) is 7.09. The molecule has 0 aliphatic carbocycles. The van der Waals surface area contributed by atoms with E-state index in [2.05, 4.69) is 4.74 Å². The van der Waals surface area contributed by atoms with E-state index in [-0.39, 0.29) is 36.6 Å². The summed E-state index contributed by atoms with van der Waals surface area (Å²) in [5.41, 5.74) is 0.478. The molecule has 0 radical (unpaired) electrons. The first-order valence-corrected chi connectivity index (χ1v) is 8.57. The van der Waals surface area contributed by atoms with Crippen LogP contribution in [0, 0.1) is 11.7 Å². The van der Waals surface area contributed by atoms with Crippen LogP contribution in [0.1, 0.15) is 12.0 Å². The normalized spacial score (nSPS) is 18.3. The first kappa shape index (κ1) is 17.4. The van der Waals surface area contributed by atoms with Gasteiger partial charge in [-0.25, -0.2) is 17.9 Å². The lowest BCUT2D eigenvalue weighted by Gasteiger charge is -2.17. The molecule has 2 N–H and O–H groups in total. The minimum atomic E-state index is -3.67. The van der Waals surface area contributed by atoms with Gasteiger partial charge in [-0.1, -0.05) is 6.07 Å². The smallest absolute Gasteiger partial charge is 0.310 e. The zero-order valence-electron chi connectivity index (χ0n) is 12.5. The maximum absolute atomic E-state index is 14.0. The highest BCUT2D eigenvalue weighted by molar-refractivity contribution is 7.89. The number of rotatable bonds is 5. The molecule has 1 aliphatic rings. The Bertz CT molecular complexity index is 735. The number of halogens is 1. The third-order valence-corrected chi connectivity index (χ3v) is 4.52. The molecule has 1 aromatic rings. The molecule has 1 aliphatic heterocycles. The monoisotopic (exact) mass is 344 g/mol. The van der Waals surface area contributed by atoms with E-state index in [0.717, 1.165) is 6.07 Å². The molecule has 1 amide bonds. The van der Waals surface area contributed by atoms with E-state index in [1.54, 1.807) is 0 Å². The van der Waals surface area contributed by atoms with Crippen molar-refractivity contribution in [2.45, 2.75) is 12.8 Å². The number of nitrogens with two attached hydrogens (primary N) is 1. The molecule has 1 saturated heterocycles. The molecule has 2 rings (SSSR count). The van der Waals surface area contributed by atoms with E-state index < -0.39 is 27.7 Å². The van der Waals surface area contributed by atoms with Gasteiger partial charge in [-0.05, 0) is 17.7 Å². The highest BCUT2D eigenvalue weighted by atomic mass is 32.2. The van der Waals surface area contributed by atoms with Crippen LogP contribution >= 0.6 is 0 Å². The SMILES string of the molecule is COC(=O)Cc1ccc(N2CC(CS(N)(=O)=O)CC2=O)cc1F. The van der Waals surface area contributed by atoms with Gasteiger partial charge in [0.05, 0.1) is 19.3 Å². The molecule has 9 heteroatoms. The van der Waals surface area contributed by atoms with Crippen molar-refractivity contribution in [2.75, 3.05) is 24.3 Å². The number of primary sulfonamides is 1. The Hall–Kier alpha value is -2.00. The molecule has 1 atom stereocenters. The van der Waals surface area contributed by atoms with Gasteiger partial charge in [-0.2, -0.15) is 0 Å². The van der Waals surface area contributed by atoms with E-state index >= 15 is 0 Å². The van der Waals surface area contributed by atoms with Gasteiger partial charge in [-0.3, -0.25) is 9.59 Å². The zero-order chi connectivity index (χ0) is 17.2. The summed E-state index contributed by atoms with van der Waals surface area (Å²) in [5.74, 6) is -2.20. The number of sulfonamides is 1. The molecule has 0 spiro atoms. The first-order chi connectivity index (χ1) is 10.7. The van der Waals surface area contributed by atoms with Crippen molar-refractivity contribution in [1.82, 2.24) is 0 Å². The largest absolute Gasteiger partial charge is 0.469 e. The van der Waals surface area contributed by atoms with E-state index in [1.807, 2.05) is 0 Å². The van der Waals surface area contributed by atoms with Gasteiger partial charge < -0.3 is 9.64 Å². The Kier molecular flexibility index (Phi) is 5.00. The predicted molar refractivity (Wildman–Crippen MR) is 80.6 cm³/mol. The summed E-state index contributed by atoms with van der Waals surface area (Å²) in [6.45, 7) is 0.158. The second-order valence-electron chi connectivity index (χ2n) is 5.43. The first-order valence-electron chi connectivity index (χ1n) is 6.85. The summed E-state index contributed by atoms with van der Waals surface area (Å²) >= 11 is 0. The molecule has 0 saturated carbocycles. The van der Waals surface area contributed by atoms with E-state index in [0.29, 0.717) is 5.69 Å². The summed E-state index contributed by atoms with van der Waals surface area (Å²) in [6.07, 6.45) is -0.160. The highest BCUT2D eigenvalue weighted by Crippen LogP contribution is 2.27. The minimum Gasteiger partial charge on any atom is -0.469 e. The van der Waals surface area contributed by atoms with Crippen LogP contribution in [0.2, 0.25) is 0 Å². The minimum absolute atomic E-state index is 0.0436. The van der Waals surface area contributed by atoms with E-state index in [9.17, 15) is 22.4 Å². The molecular formula is C14H17FN2O5S. The fourth-order valence-corrected chi connectivity index (χ4v) is 3.43. The average Bonchev–Trinajstić information content (AvgIpc) is 2.79. The lowest BCUT2D eigenvalue weighted by molar-refractivity contribution is -0.139. The number of carbonyl (C=O) groups excluding carboxylic acids is 2. The maximum atomic E-state index is 14.0. The Morgan fingerprint density at radius 3 is 2.74 bits per heavy atom. The van der Waals surface area contributed by atoms with Crippen molar-refractivity contribution < 1.29 is 27.1 Å². The van der Waals surface area contributed by atoms with Crippen LogP contribution in [-0.2, 0) is 30.8 Å².